The van der Waals surface area contributed by atoms with Crippen LogP contribution in [-0.4, -0.2) is 29.8 Å². The molecule has 1 rings (SSSR count). The van der Waals surface area contributed by atoms with Crippen LogP contribution < -0.4 is 10.6 Å². The van der Waals surface area contributed by atoms with Crippen LogP contribution in [0.5, 0.6) is 0 Å². The molecule has 1 saturated heterocycles. The van der Waals surface area contributed by atoms with Crippen LogP contribution in [0.25, 0.3) is 0 Å². The molecule has 0 atom stereocenters. The molecular weight excluding hydrogens is 196 g/mol. The van der Waals surface area contributed by atoms with Crippen LogP contribution in [-0.2, 0) is 4.79 Å². The minimum atomic E-state index is -0.211. The third-order valence-electron chi connectivity index (χ3n) is 2.30. The smallest absolute Gasteiger partial charge is 0.221 e. The summed E-state index contributed by atoms with van der Waals surface area (Å²) in [4.78, 5) is 11.5. The number of piperidine rings is 1. The highest BCUT2D eigenvalue weighted by atomic mass is 32.1. The van der Waals surface area contributed by atoms with Gasteiger partial charge < -0.3 is 10.6 Å². The van der Waals surface area contributed by atoms with Gasteiger partial charge in [0.1, 0.15) is 0 Å². The van der Waals surface area contributed by atoms with Gasteiger partial charge in [0.05, 0.1) is 0 Å². The van der Waals surface area contributed by atoms with E-state index in [4.69, 9.17) is 0 Å². The maximum absolute atomic E-state index is 11.5. The lowest BCUT2D eigenvalue weighted by atomic mass is 10.0. The Labute approximate surface area is 91.4 Å². The summed E-state index contributed by atoms with van der Waals surface area (Å²) in [6, 6.07) is 0.361. The summed E-state index contributed by atoms with van der Waals surface area (Å²) in [5.41, 5.74) is 0. The van der Waals surface area contributed by atoms with E-state index in [1.807, 2.05) is 13.8 Å². The van der Waals surface area contributed by atoms with Gasteiger partial charge in [0.15, 0.2) is 0 Å². The van der Waals surface area contributed by atoms with Gasteiger partial charge in [-0.05, 0) is 25.9 Å². The lowest BCUT2D eigenvalue weighted by molar-refractivity contribution is -0.122. The first-order valence-corrected chi connectivity index (χ1v) is 5.64. The summed E-state index contributed by atoms with van der Waals surface area (Å²) >= 11 is 4.34. The summed E-state index contributed by atoms with van der Waals surface area (Å²) in [6.45, 7) is 5.93. The summed E-state index contributed by atoms with van der Waals surface area (Å²) in [6.07, 6.45) is 2.57. The highest BCUT2D eigenvalue weighted by Gasteiger charge is 2.20. The Balaban J connectivity index is 2.25. The molecule has 3 nitrogen and oxygen atoms in total. The van der Waals surface area contributed by atoms with E-state index in [-0.39, 0.29) is 10.7 Å². The standard InChI is InChI=1S/C10H20N2OS/c1-10(2,14)7-9(13)12-8-3-5-11-6-4-8/h8,11,14H,3-7H2,1-2H3,(H,12,13). The molecule has 0 radical (unpaired) electrons. The third kappa shape index (κ3) is 4.86. The van der Waals surface area contributed by atoms with Crippen molar-refractivity contribution in [2.24, 2.45) is 0 Å². The molecule has 1 fully saturated rings. The van der Waals surface area contributed by atoms with Gasteiger partial charge >= 0.3 is 0 Å². The van der Waals surface area contributed by atoms with E-state index in [9.17, 15) is 4.79 Å². The lowest BCUT2D eigenvalue weighted by Gasteiger charge is -2.25. The quantitative estimate of drug-likeness (QED) is 0.615. The maximum atomic E-state index is 11.5. The van der Waals surface area contributed by atoms with E-state index in [2.05, 4.69) is 23.3 Å². The molecule has 1 aliphatic heterocycles. The number of hydrogen-bond donors (Lipinski definition) is 3. The molecule has 1 aliphatic rings. The fraction of sp³-hybridized carbons (Fsp3) is 0.900. The second-order valence-electron chi connectivity index (χ2n) is 4.58. The Morgan fingerprint density at radius 1 is 1.50 bits per heavy atom. The molecule has 0 bridgehead atoms. The molecule has 0 aromatic carbocycles. The van der Waals surface area contributed by atoms with Crippen LogP contribution in [0.15, 0.2) is 0 Å². The number of carbonyl (C=O) groups excluding carboxylic acids is 1. The number of rotatable bonds is 3. The first-order valence-electron chi connectivity index (χ1n) is 5.20. The van der Waals surface area contributed by atoms with Crippen molar-refractivity contribution in [2.75, 3.05) is 13.1 Å². The Morgan fingerprint density at radius 2 is 2.07 bits per heavy atom. The lowest BCUT2D eigenvalue weighted by Crippen LogP contribution is -2.43. The van der Waals surface area contributed by atoms with Crippen molar-refractivity contribution in [3.05, 3.63) is 0 Å². The number of hydrogen-bond acceptors (Lipinski definition) is 3. The van der Waals surface area contributed by atoms with Crippen LogP contribution in [0.3, 0.4) is 0 Å². The molecule has 1 heterocycles. The minimum absolute atomic E-state index is 0.122. The van der Waals surface area contributed by atoms with Crippen molar-refractivity contribution in [3.63, 3.8) is 0 Å². The first-order chi connectivity index (χ1) is 6.47. The summed E-state index contributed by atoms with van der Waals surface area (Å²) in [7, 11) is 0. The predicted octanol–water partition coefficient (Wildman–Crippen LogP) is 0.953. The largest absolute Gasteiger partial charge is 0.353 e. The van der Waals surface area contributed by atoms with Gasteiger partial charge in [-0.25, -0.2) is 0 Å². The Morgan fingerprint density at radius 3 is 2.57 bits per heavy atom. The van der Waals surface area contributed by atoms with Crippen LogP contribution >= 0.6 is 12.6 Å². The average Bonchev–Trinajstić information content (AvgIpc) is 2.02. The molecular formula is C10H20N2OS. The zero-order chi connectivity index (χ0) is 10.6. The second kappa shape index (κ2) is 5.03. The van der Waals surface area contributed by atoms with Gasteiger partial charge in [-0.3, -0.25) is 4.79 Å². The van der Waals surface area contributed by atoms with E-state index < -0.39 is 0 Å². The van der Waals surface area contributed by atoms with Crippen LogP contribution in [0.1, 0.15) is 33.1 Å². The Kier molecular flexibility index (Phi) is 4.26. The third-order valence-corrected chi connectivity index (χ3v) is 2.46. The molecule has 0 unspecified atom stereocenters. The van der Waals surface area contributed by atoms with E-state index in [1.54, 1.807) is 0 Å². The molecule has 4 heteroatoms. The maximum Gasteiger partial charge on any atom is 0.221 e. The number of amides is 1. The molecule has 0 aliphatic carbocycles. The van der Waals surface area contributed by atoms with E-state index >= 15 is 0 Å². The molecule has 82 valence electrons. The normalized spacial score (nSPS) is 19.4. The molecule has 0 spiro atoms. The van der Waals surface area contributed by atoms with Gasteiger partial charge in [-0.2, -0.15) is 12.6 Å². The Hall–Kier alpha value is -0.220. The average molecular weight is 216 g/mol. The van der Waals surface area contributed by atoms with Gasteiger partial charge in [-0.15, -0.1) is 0 Å². The molecule has 2 N–H and O–H groups in total. The van der Waals surface area contributed by atoms with Crippen molar-refractivity contribution >= 4 is 18.5 Å². The van der Waals surface area contributed by atoms with Gasteiger partial charge in [0.2, 0.25) is 5.91 Å². The number of nitrogens with one attached hydrogen (secondary N) is 2. The SMILES string of the molecule is CC(C)(S)CC(=O)NC1CCNCC1. The zero-order valence-corrected chi connectivity index (χ0v) is 9.86. The molecule has 1 amide bonds. The van der Waals surface area contributed by atoms with E-state index in [0.29, 0.717) is 12.5 Å². The highest BCUT2D eigenvalue weighted by molar-refractivity contribution is 7.81. The van der Waals surface area contributed by atoms with Crippen LogP contribution in [0, 0.1) is 0 Å². The van der Waals surface area contributed by atoms with Gasteiger partial charge in [0.25, 0.3) is 0 Å². The Bertz CT molecular complexity index is 195. The van der Waals surface area contributed by atoms with Crippen LogP contribution in [0.2, 0.25) is 0 Å². The molecule has 14 heavy (non-hydrogen) atoms. The fourth-order valence-electron chi connectivity index (χ4n) is 1.64. The zero-order valence-electron chi connectivity index (χ0n) is 8.97. The van der Waals surface area contributed by atoms with E-state index in [0.717, 1.165) is 25.9 Å². The number of thiol groups is 1. The van der Waals surface area contributed by atoms with Gasteiger partial charge in [0, 0.05) is 17.2 Å². The molecule has 0 aromatic rings. The second-order valence-corrected chi connectivity index (χ2v) is 5.79. The minimum Gasteiger partial charge on any atom is -0.353 e. The number of carbonyl (C=O) groups is 1. The van der Waals surface area contributed by atoms with E-state index in [1.165, 1.54) is 0 Å². The van der Waals surface area contributed by atoms with Gasteiger partial charge in [-0.1, -0.05) is 13.8 Å². The highest BCUT2D eigenvalue weighted by Crippen LogP contribution is 2.16. The van der Waals surface area contributed by atoms with Crippen molar-refractivity contribution < 1.29 is 4.79 Å². The topological polar surface area (TPSA) is 41.1 Å². The summed E-state index contributed by atoms with van der Waals surface area (Å²) < 4.78 is -0.211. The van der Waals surface area contributed by atoms with Crippen molar-refractivity contribution in [2.45, 2.75) is 43.9 Å². The predicted molar refractivity (Wildman–Crippen MR) is 61.7 cm³/mol. The summed E-state index contributed by atoms with van der Waals surface area (Å²) in [5.74, 6) is 0.122. The van der Waals surface area contributed by atoms with Crippen molar-refractivity contribution in [3.8, 4) is 0 Å². The fourth-order valence-corrected chi connectivity index (χ4v) is 1.78. The summed E-state index contributed by atoms with van der Waals surface area (Å²) in [5, 5.41) is 6.32. The van der Waals surface area contributed by atoms with Crippen molar-refractivity contribution in [1.82, 2.24) is 10.6 Å². The van der Waals surface area contributed by atoms with Crippen LogP contribution in [0.4, 0.5) is 0 Å². The monoisotopic (exact) mass is 216 g/mol. The van der Waals surface area contributed by atoms with Crippen molar-refractivity contribution in [1.29, 1.82) is 0 Å². The molecule has 0 saturated carbocycles. The first kappa shape index (κ1) is 11.9. The molecule has 0 aromatic heterocycles.